The summed E-state index contributed by atoms with van der Waals surface area (Å²) in [5.74, 6) is 3.12. The number of fused-ring (bicyclic) bond motifs is 7. The summed E-state index contributed by atoms with van der Waals surface area (Å²) in [5, 5.41) is 9.06. The molecule has 0 aromatic carbocycles. The highest BCUT2D eigenvalue weighted by atomic mass is 16.5. The summed E-state index contributed by atoms with van der Waals surface area (Å²) >= 11 is 0. The SMILES string of the molecule is CC(=O)O[C@H]1CC[C@@]2(C)[C@@H](CC[C@H]3[C@H]2CC[C@]2(C)[C@@H]3C[C@H]3CN=N[C@@]32C(C)=O)C1. The zero-order valence-electron chi connectivity index (χ0n) is 18.4. The zero-order valence-corrected chi connectivity index (χ0v) is 18.4. The molecule has 4 saturated carbocycles. The number of carbonyl (C=O) groups excluding carboxylic acids is 2. The van der Waals surface area contributed by atoms with Gasteiger partial charge in [-0.2, -0.15) is 10.2 Å². The Morgan fingerprint density at radius 2 is 1.72 bits per heavy atom. The van der Waals surface area contributed by atoms with Crippen LogP contribution in [0.1, 0.15) is 79.1 Å². The molecule has 29 heavy (non-hydrogen) atoms. The van der Waals surface area contributed by atoms with Crippen molar-refractivity contribution in [1.29, 1.82) is 0 Å². The number of Topliss-reactive ketones (excluding diaryl/α,β-unsaturated/α-hetero) is 1. The summed E-state index contributed by atoms with van der Waals surface area (Å²) in [6.45, 7) is 8.92. The van der Waals surface area contributed by atoms with Gasteiger partial charge in [0.05, 0.1) is 6.54 Å². The van der Waals surface area contributed by atoms with Crippen LogP contribution in [-0.4, -0.2) is 29.9 Å². The predicted octanol–water partition coefficient (Wildman–Crippen LogP) is 4.98. The van der Waals surface area contributed by atoms with Crippen molar-refractivity contribution in [3.8, 4) is 0 Å². The number of carbonyl (C=O) groups is 2. The van der Waals surface area contributed by atoms with E-state index in [1.807, 2.05) is 0 Å². The molecule has 5 rings (SSSR count). The number of hydrogen-bond acceptors (Lipinski definition) is 5. The second kappa shape index (κ2) is 6.37. The third kappa shape index (κ3) is 2.45. The number of ether oxygens (including phenoxy) is 1. The van der Waals surface area contributed by atoms with Gasteiger partial charge in [0.25, 0.3) is 0 Å². The molecule has 9 atom stereocenters. The summed E-state index contributed by atoms with van der Waals surface area (Å²) in [5.41, 5.74) is -0.223. The summed E-state index contributed by atoms with van der Waals surface area (Å²) in [7, 11) is 0. The Morgan fingerprint density at radius 3 is 2.45 bits per heavy atom. The third-order valence-electron chi connectivity index (χ3n) is 10.4. The van der Waals surface area contributed by atoms with Crippen LogP contribution in [-0.2, 0) is 14.3 Å². The Kier molecular flexibility index (Phi) is 4.32. The summed E-state index contributed by atoms with van der Waals surface area (Å²) in [6.07, 6.45) is 9.26. The van der Waals surface area contributed by atoms with Gasteiger partial charge in [0, 0.05) is 18.3 Å². The van der Waals surface area contributed by atoms with E-state index in [0.717, 1.165) is 38.1 Å². The van der Waals surface area contributed by atoms with E-state index in [4.69, 9.17) is 4.74 Å². The number of hydrogen-bond donors (Lipinski definition) is 0. The molecule has 0 spiro atoms. The molecule has 4 fully saturated rings. The highest BCUT2D eigenvalue weighted by molar-refractivity contribution is 5.88. The van der Waals surface area contributed by atoms with Crippen molar-refractivity contribution < 1.29 is 14.3 Å². The molecule has 5 aliphatic rings. The van der Waals surface area contributed by atoms with Crippen LogP contribution >= 0.6 is 0 Å². The Balaban J connectivity index is 1.42. The standard InChI is InChI=1S/C24H36N2O3/c1-14(27)24-17(13-25-26-24)12-21-19-6-5-16-11-18(29-15(2)28)7-9-22(16,3)20(19)8-10-23(21,24)4/h16-21H,5-13H2,1-4H3/t16-,17-,18-,19-,20+,21+,22-,23+,24-/m0/s1. The molecular formula is C24H36N2O3. The van der Waals surface area contributed by atoms with Crippen molar-refractivity contribution in [3.63, 3.8) is 0 Å². The molecule has 0 bridgehead atoms. The lowest BCUT2D eigenvalue weighted by molar-refractivity contribution is -0.161. The quantitative estimate of drug-likeness (QED) is 0.614. The second-order valence-electron chi connectivity index (χ2n) is 11.3. The van der Waals surface area contributed by atoms with Crippen molar-refractivity contribution in [1.82, 2.24) is 0 Å². The van der Waals surface area contributed by atoms with Crippen molar-refractivity contribution in [3.05, 3.63) is 0 Å². The summed E-state index contributed by atoms with van der Waals surface area (Å²) < 4.78 is 5.60. The van der Waals surface area contributed by atoms with E-state index in [1.165, 1.54) is 32.6 Å². The van der Waals surface area contributed by atoms with Crippen molar-refractivity contribution >= 4 is 11.8 Å². The minimum Gasteiger partial charge on any atom is -0.463 e. The van der Waals surface area contributed by atoms with Gasteiger partial charge in [0.15, 0.2) is 5.78 Å². The molecule has 0 radical (unpaired) electrons. The number of nitrogens with zero attached hydrogens (tertiary/aromatic N) is 2. The minimum absolute atomic E-state index is 0.0250. The van der Waals surface area contributed by atoms with Gasteiger partial charge in [0.2, 0.25) is 0 Å². The fourth-order valence-corrected chi connectivity index (χ4v) is 9.15. The largest absolute Gasteiger partial charge is 0.463 e. The lowest BCUT2D eigenvalue weighted by Crippen LogP contribution is -2.58. The van der Waals surface area contributed by atoms with E-state index in [9.17, 15) is 9.59 Å². The van der Waals surface area contributed by atoms with E-state index >= 15 is 0 Å². The summed E-state index contributed by atoms with van der Waals surface area (Å²) in [4.78, 5) is 24.3. The van der Waals surface area contributed by atoms with Gasteiger partial charge in [-0.25, -0.2) is 0 Å². The van der Waals surface area contributed by atoms with Crippen LogP contribution in [0.2, 0.25) is 0 Å². The lowest BCUT2D eigenvalue weighted by atomic mass is 9.44. The van der Waals surface area contributed by atoms with E-state index < -0.39 is 5.54 Å². The molecule has 1 heterocycles. The Morgan fingerprint density at radius 1 is 0.931 bits per heavy atom. The lowest BCUT2D eigenvalue weighted by Gasteiger charge is -2.61. The van der Waals surface area contributed by atoms with E-state index in [-0.39, 0.29) is 23.3 Å². The maximum absolute atomic E-state index is 12.9. The second-order valence-corrected chi connectivity index (χ2v) is 11.3. The van der Waals surface area contributed by atoms with Gasteiger partial charge in [0.1, 0.15) is 11.6 Å². The normalized spacial score (nSPS) is 52.8. The molecule has 0 aromatic rings. The van der Waals surface area contributed by atoms with Crippen LogP contribution in [0.5, 0.6) is 0 Å². The molecule has 0 saturated heterocycles. The molecule has 160 valence electrons. The van der Waals surface area contributed by atoms with Gasteiger partial charge >= 0.3 is 5.97 Å². The number of azo groups is 1. The van der Waals surface area contributed by atoms with Crippen LogP contribution < -0.4 is 0 Å². The van der Waals surface area contributed by atoms with Crippen LogP contribution in [0.4, 0.5) is 0 Å². The molecule has 0 N–H and O–H groups in total. The maximum atomic E-state index is 12.9. The van der Waals surface area contributed by atoms with E-state index in [2.05, 4.69) is 24.1 Å². The van der Waals surface area contributed by atoms with Crippen LogP contribution in [0, 0.1) is 40.4 Å². The summed E-state index contributed by atoms with van der Waals surface area (Å²) in [6, 6.07) is 0. The molecule has 0 aromatic heterocycles. The fourth-order valence-electron chi connectivity index (χ4n) is 9.15. The van der Waals surface area contributed by atoms with Gasteiger partial charge in [-0.15, -0.1) is 0 Å². The average Bonchev–Trinajstić information content (AvgIpc) is 3.18. The maximum Gasteiger partial charge on any atom is 0.302 e. The number of rotatable bonds is 2. The Hall–Kier alpha value is -1.26. The number of esters is 1. The van der Waals surface area contributed by atoms with Gasteiger partial charge in [-0.1, -0.05) is 13.8 Å². The van der Waals surface area contributed by atoms with E-state index in [1.54, 1.807) is 6.92 Å². The average molecular weight is 401 g/mol. The molecule has 0 amide bonds. The van der Waals surface area contributed by atoms with Gasteiger partial charge in [-0.05, 0) is 87.4 Å². The fraction of sp³-hybridized carbons (Fsp3) is 0.917. The van der Waals surface area contributed by atoms with Gasteiger partial charge in [-0.3, -0.25) is 9.59 Å². The van der Waals surface area contributed by atoms with Crippen LogP contribution in [0.3, 0.4) is 0 Å². The molecule has 5 nitrogen and oxygen atoms in total. The van der Waals surface area contributed by atoms with Crippen LogP contribution in [0.25, 0.3) is 0 Å². The van der Waals surface area contributed by atoms with Crippen molar-refractivity contribution in [2.75, 3.05) is 6.54 Å². The Labute approximate surface area is 174 Å². The minimum atomic E-state index is -0.548. The molecule has 1 aliphatic heterocycles. The zero-order chi connectivity index (χ0) is 20.6. The number of ketones is 1. The monoisotopic (exact) mass is 400 g/mol. The topological polar surface area (TPSA) is 68.1 Å². The highest BCUT2D eigenvalue weighted by Crippen LogP contribution is 2.71. The first-order valence-electron chi connectivity index (χ1n) is 11.8. The van der Waals surface area contributed by atoms with Crippen molar-refractivity contribution in [2.45, 2.75) is 90.7 Å². The predicted molar refractivity (Wildman–Crippen MR) is 109 cm³/mol. The highest BCUT2D eigenvalue weighted by Gasteiger charge is 2.71. The first-order valence-corrected chi connectivity index (χ1v) is 11.8. The molecule has 4 aliphatic carbocycles. The molecular weight excluding hydrogens is 364 g/mol. The molecule has 0 unspecified atom stereocenters. The van der Waals surface area contributed by atoms with Crippen LogP contribution in [0.15, 0.2) is 10.2 Å². The smallest absolute Gasteiger partial charge is 0.302 e. The van der Waals surface area contributed by atoms with Crippen molar-refractivity contribution in [2.24, 2.45) is 50.6 Å². The van der Waals surface area contributed by atoms with Gasteiger partial charge < -0.3 is 4.74 Å². The van der Waals surface area contributed by atoms with E-state index in [0.29, 0.717) is 29.1 Å². The first-order chi connectivity index (χ1) is 13.7. The third-order valence-corrected chi connectivity index (χ3v) is 10.4. The molecule has 5 heteroatoms. The first kappa shape index (κ1) is 19.7. The Bertz CT molecular complexity index is 765.